The summed E-state index contributed by atoms with van der Waals surface area (Å²) in [6.45, 7) is 2.59. The van der Waals surface area contributed by atoms with Gasteiger partial charge < -0.3 is 15.6 Å². The van der Waals surface area contributed by atoms with Crippen molar-refractivity contribution in [3.63, 3.8) is 0 Å². The highest BCUT2D eigenvalue weighted by Gasteiger charge is 2.34. The van der Waals surface area contributed by atoms with Crippen LogP contribution in [0.15, 0.2) is 11.1 Å². The maximum absolute atomic E-state index is 12.5. The van der Waals surface area contributed by atoms with Crippen molar-refractivity contribution in [2.45, 2.75) is 24.4 Å². The van der Waals surface area contributed by atoms with Gasteiger partial charge >= 0.3 is 0 Å². The Balaban J connectivity index is 2.28. The molecule has 1 atom stereocenters. The average Bonchev–Trinajstić information content (AvgIpc) is 2.94. The molecule has 3 N–H and O–H groups in total. The maximum Gasteiger partial charge on any atom is 0.265 e. The predicted octanol–water partition coefficient (Wildman–Crippen LogP) is -0.253. The van der Waals surface area contributed by atoms with Gasteiger partial charge in [0.25, 0.3) is 15.9 Å². The molecule has 112 valence electrons. The number of nitrogens with two attached hydrogens (primary N) is 1. The monoisotopic (exact) mass is 300 g/mol. The second-order valence-electron chi connectivity index (χ2n) is 5.33. The number of hydrogen-bond acceptors (Lipinski definition) is 4. The summed E-state index contributed by atoms with van der Waals surface area (Å²) < 4.78 is 26.5. The van der Waals surface area contributed by atoms with E-state index >= 15 is 0 Å². The van der Waals surface area contributed by atoms with E-state index in [1.165, 1.54) is 10.4 Å². The van der Waals surface area contributed by atoms with Gasteiger partial charge in [0.1, 0.15) is 10.7 Å². The van der Waals surface area contributed by atoms with Crippen LogP contribution in [0.2, 0.25) is 0 Å². The van der Waals surface area contributed by atoms with Crippen LogP contribution < -0.4 is 5.73 Å². The zero-order valence-electron chi connectivity index (χ0n) is 11.9. The number of aromatic amines is 1. The van der Waals surface area contributed by atoms with Crippen LogP contribution in [0.4, 0.5) is 0 Å². The summed E-state index contributed by atoms with van der Waals surface area (Å²) in [6.07, 6.45) is 0.800. The van der Waals surface area contributed by atoms with E-state index < -0.39 is 15.9 Å². The summed E-state index contributed by atoms with van der Waals surface area (Å²) >= 11 is 0. The summed E-state index contributed by atoms with van der Waals surface area (Å²) in [4.78, 5) is 15.8. The second-order valence-corrected chi connectivity index (χ2v) is 7.23. The number of H-pyrrole nitrogens is 1. The predicted molar refractivity (Wildman–Crippen MR) is 74.9 cm³/mol. The number of primary amides is 1. The molecule has 8 heteroatoms. The number of aryl methyl sites for hydroxylation is 1. The molecule has 1 aromatic rings. The molecule has 7 nitrogen and oxygen atoms in total. The van der Waals surface area contributed by atoms with E-state index in [1.54, 1.807) is 6.92 Å². The Hall–Kier alpha value is -1.38. The molecule has 1 aliphatic heterocycles. The number of aromatic nitrogens is 1. The maximum atomic E-state index is 12.5. The van der Waals surface area contributed by atoms with Crippen LogP contribution in [0.1, 0.15) is 22.5 Å². The van der Waals surface area contributed by atoms with E-state index in [0.717, 1.165) is 6.42 Å². The number of likely N-dealkylation sites (N-methyl/N-ethyl adjacent to an activating group) is 1. The van der Waals surface area contributed by atoms with Crippen molar-refractivity contribution in [3.8, 4) is 0 Å². The minimum atomic E-state index is -3.60. The Kier molecular flexibility index (Phi) is 3.90. The van der Waals surface area contributed by atoms with Crippen molar-refractivity contribution in [1.82, 2.24) is 14.2 Å². The fourth-order valence-corrected chi connectivity index (χ4v) is 3.96. The highest BCUT2D eigenvalue weighted by Crippen LogP contribution is 2.23. The number of nitrogens with zero attached hydrogens (tertiary/aromatic N) is 2. The number of hydrogen-bond donors (Lipinski definition) is 2. The number of carbonyl (C=O) groups excluding carboxylic acids is 1. The van der Waals surface area contributed by atoms with Crippen molar-refractivity contribution in [2.24, 2.45) is 5.73 Å². The quantitative estimate of drug-likeness (QED) is 0.800. The Morgan fingerprint density at radius 1 is 1.50 bits per heavy atom. The van der Waals surface area contributed by atoms with Crippen LogP contribution in [-0.4, -0.2) is 61.7 Å². The molecule has 1 amide bonds. The van der Waals surface area contributed by atoms with Crippen molar-refractivity contribution in [3.05, 3.63) is 17.3 Å². The SMILES string of the molecule is Cc1cc(S(=O)(=O)N2CC[C@H](N(C)C)C2)[nH]c1C(N)=O. The zero-order chi connectivity index (χ0) is 15.1. The molecule has 20 heavy (non-hydrogen) atoms. The molecule has 0 unspecified atom stereocenters. The Morgan fingerprint density at radius 2 is 2.15 bits per heavy atom. The Labute approximate surface area is 118 Å². The van der Waals surface area contributed by atoms with Crippen LogP contribution in [-0.2, 0) is 10.0 Å². The standard InChI is InChI=1S/C12H20N4O3S/c1-8-6-10(14-11(8)12(13)17)20(18,19)16-5-4-9(7-16)15(2)3/h6,9,14H,4-5,7H2,1-3H3,(H2,13,17)/t9-/m0/s1. The fourth-order valence-electron chi connectivity index (χ4n) is 2.41. The van der Waals surface area contributed by atoms with E-state index in [4.69, 9.17) is 5.73 Å². The van der Waals surface area contributed by atoms with E-state index in [9.17, 15) is 13.2 Å². The molecule has 0 radical (unpaired) electrons. The molecule has 2 rings (SSSR count). The van der Waals surface area contributed by atoms with Crippen molar-refractivity contribution in [1.29, 1.82) is 0 Å². The minimum Gasteiger partial charge on any atom is -0.364 e. The van der Waals surface area contributed by atoms with Gasteiger partial charge in [-0.3, -0.25) is 4.79 Å². The summed E-state index contributed by atoms with van der Waals surface area (Å²) in [6, 6.07) is 1.68. The fraction of sp³-hybridized carbons (Fsp3) is 0.583. The Morgan fingerprint density at radius 3 is 2.60 bits per heavy atom. The summed E-state index contributed by atoms with van der Waals surface area (Å²) in [7, 11) is 0.274. The Bertz CT molecular complexity index is 621. The molecule has 1 aromatic heterocycles. The molecule has 1 aliphatic rings. The third-order valence-electron chi connectivity index (χ3n) is 3.71. The molecule has 1 fully saturated rings. The molecule has 0 spiro atoms. The zero-order valence-corrected chi connectivity index (χ0v) is 12.7. The highest BCUT2D eigenvalue weighted by atomic mass is 32.2. The first-order valence-corrected chi connectivity index (χ1v) is 7.83. The first-order valence-electron chi connectivity index (χ1n) is 6.39. The summed E-state index contributed by atoms with van der Waals surface area (Å²) in [5.41, 5.74) is 5.89. The van der Waals surface area contributed by atoms with Crippen LogP contribution in [0, 0.1) is 6.92 Å². The molecule has 0 saturated carbocycles. The van der Waals surface area contributed by atoms with E-state index in [1.807, 2.05) is 19.0 Å². The molecule has 0 aliphatic carbocycles. The number of nitrogens with one attached hydrogen (secondary N) is 1. The van der Waals surface area contributed by atoms with Gasteiger partial charge in [0, 0.05) is 19.1 Å². The third kappa shape index (κ3) is 2.58. The largest absolute Gasteiger partial charge is 0.364 e. The lowest BCUT2D eigenvalue weighted by molar-refractivity contribution is 0.0995. The minimum absolute atomic E-state index is 0.0307. The molecule has 2 heterocycles. The van der Waals surface area contributed by atoms with E-state index in [0.29, 0.717) is 18.7 Å². The van der Waals surface area contributed by atoms with Crippen molar-refractivity contribution in [2.75, 3.05) is 27.2 Å². The number of rotatable bonds is 4. The average molecular weight is 300 g/mol. The van der Waals surface area contributed by atoms with Crippen LogP contribution in [0.25, 0.3) is 0 Å². The third-order valence-corrected chi connectivity index (χ3v) is 5.50. The highest BCUT2D eigenvalue weighted by molar-refractivity contribution is 7.89. The summed E-state index contributed by atoms with van der Waals surface area (Å²) in [5.74, 6) is -0.656. The molecule has 0 aromatic carbocycles. The van der Waals surface area contributed by atoms with Gasteiger partial charge in [-0.05, 0) is 39.1 Å². The van der Waals surface area contributed by atoms with Crippen molar-refractivity contribution >= 4 is 15.9 Å². The molecule has 0 bridgehead atoms. The number of carbonyl (C=O) groups is 1. The number of sulfonamides is 1. The van der Waals surface area contributed by atoms with E-state index in [2.05, 4.69) is 4.98 Å². The lowest BCUT2D eigenvalue weighted by Gasteiger charge is -2.19. The molecule has 1 saturated heterocycles. The van der Waals surface area contributed by atoms with Gasteiger partial charge in [0.05, 0.1) is 0 Å². The van der Waals surface area contributed by atoms with Crippen LogP contribution >= 0.6 is 0 Å². The smallest absolute Gasteiger partial charge is 0.265 e. The van der Waals surface area contributed by atoms with Crippen LogP contribution in [0.3, 0.4) is 0 Å². The van der Waals surface area contributed by atoms with Gasteiger partial charge in [0.2, 0.25) is 0 Å². The second kappa shape index (κ2) is 5.19. The van der Waals surface area contributed by atoms with Gasteiger partial charge in [-0.15, -0.1) is 0 Å². The summed E-state index contributed by atoms with van der Waals surface area (Å²) in [5, 5.41) is 0.0307. The first kappa shape index (κ1) is 15.0. The lowest BCUT2D eigenvalue weighted by Crippen LogP contribution is -2.34. The molecular formula is C12H20N4O3S. The normalized spacial score (nSPS) is 20.7. The first-order chi connectivity index (χ1) is 9.23. The van der Waals surface area contributed by atoms with Crippen LogP contribution in [0.5, 0.6) is 0 Å². The van der Waals surface area contributed by atoms with Crippen molar-refractivity contribution < 1.29 is 13.2 Å². The topological polar surface area (TPSA) is 99.5 Å². The number of amides is 1. The lowest BCUT2D eigenvalue weighted by atomic mass is 10.2. The van der Waals surface area contributed by atoms with Gasteiger partial charge in [-0.1, -0.05) is 0 Å². The van der Waals surface area contributed by atoms with Gasteiger partial charge in [-0.2, -0.15) is 4.31 Å². The molecular weight excluding hydrogens is 280 g/mol. The van der Waals surface area contributed by atoms with E-state index in [-0.39, 0.29) is 16.8 Å². The van der Waals surface area contributed by atoms with Gasteiger partial charge in [0.15, 0.2) is 0 Å². The van der Waals surface area contributed by atoms with Gasteiger partial charge in [-0.25, -0.2) is 8.42 Å².